The van der Waals surface area contributed by atoms with Gasteiger partial charge in [-0.15, -0.1) is 0 Å². The minimum absolute atomic E-state index is 0. The third-order valence-electron chi connectivity index (χ3n) is 6.49. The lowest BCUT2D eigenvalue weighted by Gasteiger charge is -2.41. The molecule has 0 atom stereocenters. The van der Waals surface area contributed by atoms with Gasteiger partial charge in [0.25, 0.3) is 10.0 Å². The fraction of sp³-hybridized carbons (Fsp3) is 0.458. The van der Waals surface area contributed by atoms with Crippen molar-refractivity contribution < 1.29 is 23.4 Å². The van der Waals surface area contributed by atoms with E-state index in [-0.39, 0.29) is 16.5 Å². The minimum Gasteiger partial charge on any atom is -0.490 e. The zero-order chi connectivity index (χ0) is 24.3. The lowest BCUT2D eigenvalue weighted by atomic mass is 9.99. The maximum Gasteiger partial charge on any atom is 0.331 e. The number of aryl methyl sites for hydroxylation is 1. The summed E-state index contributed by atoms with van der Waals surface area (Å²) in [6, 6.07) is 11.6. The summed E-state index contributed by atoms with van der Waals surface area (Å²) < 4.78 is 33.3. The van der Waals surface area contributed by atoms with Crippen molar-refractivity contribution in [1.29, 1.82) is 0 Å². The van der Waals surface area contributed by atoms with Crippen LogP contribution in [0.5, 0.6) is 5.75 Å². The molecule has 0 spiro atoms. The van der Waals surface area contributed by atoms with Crippen LogP contribution in [-0.4, -0.2) is 68.0 Å². The number of benzene rings is 2. The van der Waals surface area contributed by atoms with Crippen molar-refractivity contribution in [2.24, 2.45) is 0 Å². The highest BCUT2D eigenvalue weighted by atomic mass is 35.5. The molecule has 192 valence electrons. The van der Waals surface area contributed by atoms with Crippen molar-refractivity contribution in [2.45, 2.75) is 49.6 Å². The first kappa shape index (κ1) is 27.5. The van der Waals surface area contributed by atoms with Crippen molar-refractivity contribution >= 4 is 39.3 Å². The number of likely N-dealkylation sites (tertiary alicyclic amines) is 2. The highest BCUT2D eigenvalue weighted by molar-refractivity contribution is 7.90. The summed E-state index contributed by atoms with van der Waals surface area (Å²) in [6.07, 6.45) is 3.59. The van der Waals surface area contributed by atoms with Crippen LogP contribution in [-0.2, 0) is 10.0 Å². The summed E-state index contributed by atoms with van der Waals surface area (Å²) >= 11 is 12.0. The average molecular weight is 545 g/mol. The highest BCUT2D eigenvalue weighted by Gasteiger charge is 2.31. The van der Waals surface area contributed by atoms with Gasteiger partial charge in [-0.05, 0) is 56.9 Å². The van der Waals surface area contributed by atoms with Crippen molar-refractivity contribution in [3.8, 4) is 5.75 Å². The summed E-state index contributed by atoms with van der Waals surface area (Å²) in [5, 5.41) is 0.996. The number of carbonyl (C=O) groups excluding carboxylic acids is 1. The molecule has 2 fully saturated rings. The van der Waals surface area contributed by atoms with E-state index in [1.807, 2.05) is 13.0 Å². The molecule has 0 aromatic heterocycles. The van der Waals surface area contributed by atoms with E-state index >= 15 is 0 Å². The van der Waals surface area contributed by atoms with Crippen molar-refractivity contribution in [3.05, 3.63) is 58.1 Å². The van der Waals surface area contributed by atoms with Gasteiger partial charge in [-0.3, -0.25) is 4.90 Å². The number of amides is 2. The first-order valence-electron chi connectivity index (χ1n) is 11.5. The zero-order valence-corrected chi connectivity index (χ0v) is 21.9. The third-order valence-corrected chi connectivity index (χ3v) is 8.57. The Balaban J connectivity index is 0.00000342. The Labute approximate surface area is 216 Å². The Morgan fingerprint density at radius 1 is 0.943 bits per heavy atom. The van der Waals surface area contributed by atoms with Gasteiger partial charge >= 0.3 is 6.03 Å². The van der Waals surface area contributed by atoms with Crippen LogP contribution >= 0.6 is 23.2 Å². The number of hydrogen-bond acceptors (Lipinski definition) is 5. The predicted octanol–water partition coefficient (Wildman–Crippen LogP) is 3.88. The van der Waals surface area contributed by atoms with Crippen LogP contribution in [0.15, 0.2) is 47.4 Å². The highest BCUT2D eigenvalue weighted by Crippen LogP contribution is 2.29. The van der Waals surface area contributed by atoms with Crippen LogP contribution in [0.2, 0.25) is 10.0 Å². The van der Waals surface area contributed by atoms with Crippen LogP contribution in [0.4, 0.5) is 4.79 Å². The Hall–Kier alpha value is -2.04. The normalized spacial score (nSPS) is 18.1. The van der Waals surface area contributed by atoms with E-state index in [2.05, 4.69) is 9.62 Å². The quantitative estimate of drug-likeness (QED) is 0.614. The molecule has 0 unspecified atom stereocenters. The molecule has 0 aliphatic carbocycles. The maximum absolute atomic E-state index is 12.6. The van der Waals surface area contributed by atoms with E-state index in [4.69, 9.17) is 27.9 Å². The first-order chi connectivity index (χ1) is 16.2. The van der Waals surface area contributed by atoms with Gasteiger partial charge in [0, 0.05) is 38.3 Å². The molecule has 2 aliphatic heterocycles. The molecule has 11 heteroatoms. The number of piperidine rings is 2. The number of ether oxygens (including phenoxy) is 1. The van der Waals surface area contributed by atoms with Gasteiger partial charge in [-0.25, -0.2) is 17.9 Å². The van der Waals surface area contributed by atoms with Gasteiger partial charge < -0.3 is 15.1 Å². The van der Waals surface area contributed by atoms with E-state index in [9.17, 15) is 13.2 Å². The molecule has 2 aromatic rings. The molecule has 2 aliphatic rings. The largest absolute Gasteiger partial charge is 0.490 e. The van der Waals surface area contributed by atoms with Crippen LogP contribution in [0, 0.1) is 6.92 Å². The standard InChI is InChI=1S/C24H29Cl2N3O4S.H2O/c1-17-2-5-21(6-3-17)34(31,32)27-24(30)29-12-8-18(9-13-29)28-14-10-19(11-15-28)33-20-4-7-22(25)23(26)16-20;/h2-7,16,18-19H,8-15H2,1H3,(H,27,30);1H2. The summed E-state index contributed by atoms with van der Waals surface area (Å²) in [5.74, 6) is 0.729. The smallest absolute Gasteiger partial charge is 0.331 e. The van der Waals surface area contributed by atoms with E-state index in [1.54, 1.807) is 29.2 Å². The molecule has 2 saturated heterocycles. The first-order valence-corrected chi connectivity index (χ1v) is 13.7. The molecule has 2 aromatic carbocycles. The zero-order valence-electron chi connectivity index (χ0n) is 19.5. The second-order valence-corrected chi connectivity index (χ2v) is 11.4. The molecular formula is C24H31Cl2N3O5S. The van der Waals surface area contributed by atoms with Crippen molar-refractivity contribution in [1.82, 2.24) is 14.5 Å². The van der Waals surface area contributed by atoms with Crippen molar-refractivity contribution in [2.75, 3.05) is 26.2 Å². The number of nitrogens with one attached hydrogen (secondary N) is 1. The van der Waals surface area contributed by atoms with Crippen LogP contribution in [0.3, 0.4) is 0 Å². The fourth-order valence-electron chi connectivity index (χ4n) is 4.49. The molecule has 8 nitrogen and oxygen atoms in total. The molecule has 4 rings (SSSR count). The van der Waals surface area contributed by atoms with Gasteiger partial charge in [0.1, 0.15) is 11.9 Å². The molecule has 3 N–H and O–H groups in total. The van der Waals surface area contributed by atoms with Gasteiger partial charge in [0.2, 0.25) is 0 Å². The predicted molar refractivity (Wildman–Crippen MR) is 137 cm³/mol. The Morgan fingerprint density at radius 3 is 2.17 bits per heavy atom. The minimum atomic E-state index is -3.88. The van der Waals surface area contributed by atoms with Crippen LogP contribution < -0.4 is 9.46 Å². The molecule has 35 heavy (non-hydrogen) atoms. The molecule has 0 radical (unpaired) electrons. The third kappa shape index (κ3) is 7.01. The number of urea groups is 1. The van der Waals surface area contributed by atoms with E-state index in [1.165, 1.54) is 12.1 Å². The number of rotatable bonds is 5. The molecule has 2 amide bonds. The summed E-state index contributed by atoms with van der Waals surface area (Å²) in [5.41, 5.74) is 0.956. The van der Waals surface area contributed by atoms with Crippen LogP contribution in [0.25, 0.3) is 0 Å². The number of nitrogens with zero attached hydrogens (tertiary/aromatic N) is 2. The Morgan fingerprint density at radius 2 is 1.57 bits per heavy atom. The van der Waals surface area contributed by atoms with Gasteiger partial charge in [0.15, 0.2) is 0 Å². The topological polar surface area (TPSA) is 110 Å². The molecule has 2 heterocycles. The summed E-state index contributed by atoms with van der Waals surface area (Å²) in [7, 11) is -3.88. The van der Waals surface area contributed by atoms with E-state index in [0.29, 0.717) is 29.2 Å². The lowest BCUT2D eigenvalue weighted by Crippen LogP contribution is -2.52. The fourth-order valence-corrected chi connectivity index (χ4v) is 5.75. The number of carbonyl (C=O) groups is 1. The van der Waals surface area contributed by atoms with Gasteiger partial charge in [-0.2, -0.15) is 0 Å². The monoisotopic (exact) mass is 543 g/mol. The molecule has 0 bridgehead atoms. The van der Waals surface area contributed by atoms with Gasteiger partial charge in [0.05, 0.1) is 14.9 Å². The second kappa shape index (κ2) is 11.8. The lowest BCUT2D eigenvalue weighted by molar-refractivity contribution is 0.0540. The van der Waals surface area contributed by atoms with Crippen molar-refractivity contribution in [3.63, 3.8) is 0 Å². The molecule has 0 saturated carbocycles. The average Bonchev–Trinajstić information content (AvgIpc) is 2.82. The number of hydrogen-bond donors (Lipinski definition) is 1. The second-order valence-electron chi connectivity index (χ2n) is 8.87. The molecular weight excluding hydrogens is 513 g/mol. The SMILES string of the molecule is Cc1ccc(S(=O)(=O)NC(=O)N2CCC(N3CCC(Oc4ccc(Cl)c(Cl)c4)CC3)CC2)cc1.O. The number of sulfonamides is 1. The number of halogens is 2. The summed E-state index contributed by atoms with van der Waals surface area (Å²) in [4.78, 5) is 16.7. The summed E-state index contributed by atoms with van der Waals surface area (Å²) in [6.45, 7) is 4.78. The Kier molecular flexibility index (Phi) is 9.28. The Bertz CT molecular complexity index is 1110. The van der Waals surface area contributed by atoms with E-state index in [0.717, 1.165) is 50.1 Å². The maximum atomic E-state index is 12.6. The van der Waals surface area contributed by atoms with E-state index < -0.39 is 16.1 Å². The van der Waals surface area contributed by atoms with Gasteiger partial charge in [-0.1, -0.05) is 40.9 Å². The van der Waals surface area contributed by atoms with Crippen LogP contribution in [0.1, 0.15) is 31.2 Å².